The van der Waals surface area contributed by atoms with Gasteiger partial charge in [0.2, 0.25) is 5.91 Å². The van der Waals surface area contributed by atoms with Crippen molar-refractivity contribution in [1.82, 2.24) is 0 Å². The van der Waals surface area contributed by atoms with E-state index in [1.165, 1.54) is 5.69 Å². The molecule has 1 aliphatic carbocycles. The lowest BCUT2D eigenvalue weighted by Gasteiger charge is -2.24. The monoisotopic (exact) mass is 275 g/mol. The van der Waals surface area contributed by atoms with Gasteiger partial charge in [-0.3, -0.25) is 4.79 Å². The Morgan fingerprint density at radius 2 is 1.85 bits per heavy atom. The maximum absolute atomic E-state index is 12.2. The van der Waals surface area contributed by atoms with E-state index in [9.17, 15) is 4.79 Å². The highest BCUT2D eigenvalue weighted by Gasteiger charge is 2.44. The van der Waals surface area contributed by atoms with Crippen molar-refractivity contribution < 1.29 is 4.79 Å². The van der Waals surface area contributed by atoms with Gasteiger partial charge in [-0.25, -0.2) is 0 Å². The van der Waals surface area contributed by atoms with E-state index in [-0.39, 0.29) is 5.91 Å². The molecule has 0 heterocycles. The summed E-state index contributed by atoms with van der Waals surface area (Å²) in [5.74, 6) is 0.244. The Bertz CT molecular complexity index is 459. The summed E-state index contributed by atoms with van der Waals surface area (Å²) in [7, 11) is 0. The Hall–Kier alpha value is -1.55. The number of benzene rings is 1. The molecule has 0 bridgehead atoms. The van der Waals surface area contributed by atoms with Gasteiger partial charge < -0.3 is 16.0 Å². The van der Waals surface area contributed by atoms with Gasteiger partial charge in [-0.1, -0.05) is 0 Å². The third-order valence-corrected chi connectivity index (χ3v) is 4.17. The fourth-order valence-corrected chi connectivity index (χ4v) is 2.48. The summed E-state index contributed by atoms with van der Waals surface area (Å²) in [6.07, 6.45) is 2.11. The lowest BCUT2D eigenvalue weighted by Crippen LogP contribution is -2.50. The van der Waals surface area contributed by atoms with Crippen LogP contribution in [0.25, 0.3) is 0 Å². The van der Waals surface area contributed by atoms with Crippen LogP contribution < -0.4 is 16.0 Å². The van der Waals surface area contributed by atoms with Gasteiger partial charge in [0.1, 0.15) is 0 Å². The van der Waals surface area contributed by atoms with Crippen LogP contribution in [0.3, 0.4) is 0 Å². The zero-order valence-electron chi connectivity index (χ0n) is 12.6. The highest BCUT2D eigenvalue weighted by Crippen LogP contribution is 2.38. The predicted octanol–water partition coefficient (Wildman–Crippen LogP) is 2.60. The Morgan fingerprint density at radius 1 is 1.30 bits per heavy atom. The molecule has 1 aromatic carbocycles. The van der Waals surface area contributed by atoms with Crippen LogP contribution in [-0.4, -0.2) is 24.5 Å². The van der Waals surface area contributed by atoms with Crippen LogP contribution in [0.1, 0.15) is 33.6 Å². The van der Waals surface area contributed by atoms with Crippen LogP contribution in [0.4, 0.5) is 11.4 Å². The van der Waals surface area contributed by atoms with Crippen molar-refractivity contribution in [3.63, 3.8) is 0 Å². The van der Waals surface area contributed by atoms with Crippen molar-refractivity contribution in [1.29, 1.82) is 0 Å². The van der Waals surface area contributed by atoms with Crippen LogP contribution in [0.15, 0.2) is 24.3 Å². The largest absolute Gasteiger partial charge is 0.372 e. The molecule has 1 fully saturated rings. The quantitative estimate of drug-likeness (QED) is 0.839. The first-order valence-electron chi connectivity index (χ1n) is 7.44. The Balaban J connectivity index is 2.01. The average molecular weight is 275 g/mol. The van der Waals surface area contributed by atoms with Gasteiger partial charge in [-0.15, -0.1) is 0 Å². The molecule has 3 N–H and O–H groups in total. The summed E-state index contributed by atoms with van der Waals surface area (Å²) in [5, 5.41) is 2.92. The highest BCUT2D eigenvalue weighted by atomic mass is 16.2. The first kappa shape index (κ1) is 14.9. The molecule has 2 rings (SSSR count). The third-order valence-electron chi connectivity index (χ3n) is 4.17. The number of rotatable bonds is 6. The number of nitrogens with zero attached hydrogens (tertiary/aromatic N) is 1. The summed E-state index contributed by atoms with van der Waals surface area (Å²) in [4.78, 5) is 14.5. The lowest BCUT2D eigenvalue weighted by atomic mass is 9.96. The lowest BCUT2D eigenvalue weighted by molar-refractivity contribution is -0.121. The second-order valence-electron chi connectivity index (χ2n) is 5.73. The second-order valence-corrected chi connectivity index (χ2v) is 5.73. The average Bonchev–Trinajstić information content (AvgIpc) is 3.26. The Morgan fingerprint density at radius 3 is 2.30 bits per heavy atom. The predicted molar refractivity (Wildman–Crippen MR) is 83.9 cm³/mol. The number of anilines is 2. The number of hydrogen-bond acceptors (Lipinski definition) is 3. The zero-order valence-corrected chi connectivity index (χ0v) is 12.6. The minimum atomic E-state index is -0.752. The maximum atomic E-state index is 12.2. The molecule has 1 aliphatic rings. The topological polar surface area (TPSA) is 58.4 Å². The Labute approximate surface area is 121 Å². The van der Waals surface area contributed by atoms with Crippen molar-refractivity contribution in [3.8, 4) is 0 Å². The second kappa shape index (κ2) is 5.83. The van der Waals surface area contributed by atoms with E-state index >= 15 is 0 Å². The van der Waals surface area contributed by atoms with Crippen LogP contribution >= 0.6 is 0 Å². The van der Waals surface area contributed by atoms with Gasteiger partial charge in [0, 0.05) is 24.5 Å². The van der Waals surface area contributed by atoms with E-state index < -0.39 is 5.54 Å². The molecule has 20 heavy (non-hydrogen) atoms. The van der Waals surface area contributed by atoms with Crippen molar-refractivity contribution in [3.05, 3.63) is 24.3 Å². The molecule has 4 nitrogen and oxygen atoms in total. The standard InChI is InChI=1S/C16H25N3O/c1-4-19(5-2)14-10-8-13(9-11-14)18-15(20)16(3,17)12-6-7-12/h8-12H,4-7,17H2,1-3H3,(H,18,20). The van der Waals surface area contributed by atoms with Crippen molar-refractivity contribution in [2.45, 2.75) is 39.2 Å². The SMILES string of the molecule is CCN(CC)c1ccc(NC(=O)C(C)(N)C2CC2)cc1. The molecule has 0 aromatic heterocycles. The number of nitrogens with one attached hydrogen (secondary N) is 1. The summed E-state index contributed by atoms with van der Waals surface area (Å²) >= 11 is 0. The number of hydrogen-bond donors (Lipinski definition) is 2. The molecule has 1 atom stereocenters. The van der Waals surface area contributed by atoms with Crippen LogP contribution in [0.5, 0.6) is 0 Å². The highest BCUT2D eigenvalue weighted by molar-refractivity contribution is 5.98. The zero-order chi connectivity index (χ0) is 14.8. The molecule has 1 saturated carbocycles. The van der Waals surface area contributed by atoms with E-state index in [4.69, 9.17) is 5.73 Å². The Kier molecular flexibility index (Phi) is 4.33. The molecular weight excluding hydrogens is 250 g/mol. The van der Waals surface area contributed by atoms with Gasteiger partial charge in [-0.05, 0) is 63.8 Å². The molecule has 1 aromatic rings. The van der Waals surface area contributed by atoms with Gasteiger partial charge >= 0.3 is 0 Å². The van der Waals surface area contributed by atoms with Crippen molar-refractivity contribution >= 4 is 17.3 Å². The summed E-state index contributed by atoms with van der Waals surface area (Å²) < 4.78 is 0. The number of carbonyl (C=O) groups excluding carboxylic acids is 1. The van der Waals surface area contributed by atoms with E-state index in [0.717, 1.165) is 31.6 Å². The molecule has 0 radical (unpaired) electrons. The normalized spacial score (nSPS) is 17.4. The molecule has 4 heteroatoms. The fraction of sp³-hybridized carbons (Fsp3) is 0.562. The van der Waals surface area contributed by atoms with E-state index in [0.29, 0.717) is 5.92 Å². The van der Waals surface area contributed by atoms with Crippen LogP contribution in [-0.2, 0) is 4.79 Å². The van der Waals surface area contributed by atoms with Gasteiger partial charge in [-0.2, -0.15) is 0 Å². The molecular formula is C16H25N3O. The smallest absolute Gasteiger partial charge is 0.244 e. The first-order valence-corrected chi connectivity index (χ1v) is 7.44. The minimum absolute atomic E-state index is 0.0874. The van der Waals surface area contributed by atoms with Crippen LogP contribution in [0.2, 0.25) is 0 Å². The van der Waals surface area contributed by atoms with Crippen molar-refractivity contribution in [2.24, 2.45) is 11.7 Å². The third kappa shape index (κ3) is 3.12. The number of nitrogens with two attached hydrogens (primary N) is 1. The maximum Gasteiger partial charge on any atom is 0.244 e. The van der Waals surface area contributed by atoms with Crippen LogP contribution in [0, 0.1) is 5.92 Å². The van der Waals surface area contributed by atoms with Crippen molar-refractivity contribution in [2.75, 3.05) is 23.3 Å². The van der Waals surface area contributed by atoms with Gasteiger partial charge in [0.25, 0.3) is 0 Å². The molecule has 110 valence electrons. The minimum Gasteiger partial charge on any atom is -0.372 e. The molecule has 1 unspecified atom stereocenters. The van der Waals surface area contributed by atoms with E-state index in [2.05, 4.69) is 24.1 Å². The van der Waals surface area contributed by atoms with E-state index in [1.807, 2.05) is 31.2 Å². The first-order chi connectivity index (χ1) is 9.48. The van der Waals surface area contributed by atoms with Gasteiger partial charge in [0.05, 0.1) is 5.54 Å². The number of carbonyl (C=O) groups is 1. The number of amides is 1. The fourth-order valence-electron chi connectivity index (χ4n) is 2.48. The molecule has 0 spiro atoms. The molecule has 0 aliphatic heterocycles. The molecule has 1 amide bonds. The van der Waals surface area contributed by atoms with E-state index in [1.54, 1.807) is 0 Å². The molecule has 0 saturated heterocycles. The summed E-state index contributed by atoms with van der Waals surface area (Å²) in [6.45, 7) is 8.04. The van der Waals surface area contributed by atoms with Gasteiger partial charge in [0.15, 0.2) is 0 Å². The summed E-state index contributed by atoms with van der Waals surface area (Å²) in [6, 6.07) is 7.95. The summed E-state index contributed by atoms with van der Waals surface area (Å²) in [5.41, 5.74) is 7.34.